The van der Waals surface area contributed by atoms with Gasteiger partial charge in [-0.3, -0.25) is 33.6 Å². The molecule has 2 unspecified atom stereocenters. The summed E-state index contributed by atoms with van der Waals surface area (Å²) in [5.74, 6) is -6.98. The number of Topliss-reactive ketones (excluding diaryl/α,β-unsaturated/α-hetero) is 6. The van der Waals surface area contributed by atoms with E-state index in [0.717, 1.165) is 11.1 Å². The molecule has 2 atom stereocenters. The molecule has 0 radical (unpaired) electrons. The first-order valence-electron chi connectivity index (χ1n) is 16.5. The van der Waals surface area contributed by atoms with Gasteiger partial charge in [-0.05, 0) is 48.2 Å². The van der Waals surface area contributed by atoms with Crippen LogP contribution in [0.1, 0.15) is 94.2 Å². The molecule has 0 N–H and O–H groups in total. The lowest BCUT2D eigenvalue weighted by Crippen LogP contribution is -2.25. The highest BCUT2D eigenvalue weighted by Crippen LogP contribution is 2.32. The summed E-state index contributed by atoms with van der Waals surface area (Å²) in [6.45, 7) is 1.35. The number of carbonyl (C=O) groups is 7. The highest BCUT2D eigenvalue weighted by atomic mass is 16.5. The molecular formula is C41H34O9. The molecule has 0 heterocycles. The van der Waals surface area contributed by atoms with E-state index in [1.165, 1.54) is 36.4 Å². The molecule has 0 amide bonds. The van der Waals surface area contributed by atoms with E-state index < -0.39 is 52.3 Å². The molecule has 2 aliphatic rings. The van der Waals surface area contributed by atoms with Crippen LogP contribution in [0.2, 0.25) is 0 Å². The average Bonchev–Trinajstić information content (AvgIpc) is 3.54. The van der Waals surface area contributed by atoms with Crippen LogP contribution in [0.3, 0.4) is 0 Å². The zero-order valence-corrected chi connectivity index (χ0v) is 27.2. The number of ketones is 7. The molecule has 0 aliphatic heterocycles. The van der Waals surface area contributed by atoms with E-state index in [1.54, 1.807) is 0 Å². The van der Waals surface area contributed by atoms with E-state index in [2.05, 4.69) is 0 Å². The quantitative estimate of drug-likeness (QED) is 0.0793. The van der Waals surface area contributed by atoms with Gasteiger partial charge in [0, 0.05) is 59.4 Å². The van der Waals surface area contributed by atoms with Crippen LogP contribution in [0.4, 0.5) is 0 Å². The van der Waals surface area contributed by atoms with Crippen molar-refractivity contribution < 1.29 is 43.0 Å². The first-order chi connectivity index (χ1) is 24.2. The molecule has 9 nitrogen and oxygen atoms in total. The largest absolute Gasteiger partial charge is 0.377 e. The minimum Gasteiger partial charge on any atom is -0.377 e. The summed E-state index contributed by atoms with van der Waals surface area (Å²) < 4.78 is 11.2. The predicted molar refractivity (Wildman–Crippen MR) is 181 cm³/mol. The summed E-state index contributed by atoms with van der Waals surface area (Å²) in [6.07, 6.45) is 0.671. The molecule has 0 bridgehead atoms. The minimum absolute atomic E-state index is 0.00893. The van der Waals surface area contributed by atoms with Crippen molar-refractivity contribution >= 4 is 40.5 Å². The Morgan fingerprint density at radius 1 is 0.480 bits per heavy atom. The van der Waals surface area contributed by atoms with E-state index in [0.29, 0.717) is 26.1 Å². The molecule has 252 valence electrons. The van der Waals surface area contributed by atoms with Crippen molar-refractivity contribution in [2.24, 2.45) is 11.8 Å². The number of hydrogen-bond donors (Lipinski definition) is 0. The van der Waals surface area contributed by atoms with Crippen molar-refractivity contribution in [3.8, 4) is 0 Å². The van der Waals surface area contributed by atoms with Crippen molar-refractivity contribution in [2.45, 2.75) is 38.9 Å². The lowest BCUT2D eigenvalue weighted by molar-refractivity contribution is -0.121. The van der Waals surface area contributed by atoms with E-state index in [4.69, 9.17) is 9.47 Å². The van der Waals surface area contributed by atoms with Crippen molar-refractivity contribution in [2.75, 3.05) is 13.2 Å². The van der Waals surface area contributed by atoms with Crippen molar-refractivity contribution in [1.29, 1.82) is 0 Å². The fourth-order valence-corrected chi connectivity index (χ4v) is 6.33. The minimum atomic E-state index is -1.46. The van der Waals surface area contributed by atoms with Gasteiger partial charge in [-0.2, -0.15) is 0 Å². The van der Waals surface area contributed by atoms with E-state index in [1.807, 2.05) is 60.7 Å². The van der Waals surface area contributed by atoms with Crippen molar-refractivity contribution in [1.82, 2.24) is 0 Å². The number of rotatable bonds is 16. The summed E-state index contributed by atoms with van der Waals surface area (Å²) >= 11 is 0. The average molecular weight is 671 g/mol. The van der Waals surface area contributed by atoms with Crippen LogP contribution in [0.25, 0.3) is 0 Å². The standard InChI is InChI=1S/C41H34O9/c42-33(13-7-19-49-23-25-9-3-1-4-10-25)35-38(45)29-17-15-27(21-31(29)40(35)47)37(44)28-16-18-30-32(22-28)41(48)36(39(30)46)34(43)14-8-20-50-24-26-11-5-2-6-12-26/h1-6,9-12,15-18,21-22,35-36H,7-8,13-14,19-20,23-24H2. The lowest BCUT2D eigenvalue weighted by atomic mass is 9.95. The highest BCUT2D eigenvalue weighted by Gasteiger charge is 2.44. The summed E-state index contributed by atoms with van der Waals surface area (Å²) in [5, 5.41) is 0. The number of benzene rings is 4. The van der Waals surface area contributed by atoms with Gasteiger partial charge in [0.2, 0.25) is 0 Å². The van der Waals surface area contributed by atoms with E-state index in [-0.39, 0.29) is 59.4 Å². The first-order valence-corrected chi connectivity index (χ1v) is 16.5. The number of ether oxygens (including phenoxy) is 2. The Morgan fingerprint density at radius 2 is 0.860 bits per heavy atom. The van der Waals surface area contributed by atoms with Gasteiger partial charge < -0.3 is 9.47 Å². The first kappa shape index (κ1) is 34.4. The molecule has 4 aromatic carbocycles. The summed E-state index contributed by atoms with van der Waals surface area (Å²) in [5.41, 5.74) is 2.27. The monoisotopic (exact) mass is 670 g/mol. The summed E-state index contributed by atoms with van der Waals surface area (Å²) in [4.78, 5) is 92.0. The molecular weight excluding hydrogens is 636 g/mol. The van der Waals surface area contributed by atoms with Gasteiger partial charge in [-0.1, -0.05) is 72.8 Å². The third-order valence-corrected chi connectivity index (χ3v) is 8.96. The van der Waals surface area contributed by atoms with Gasteiger partial charge in [0.05, 0.1) is 13.2 Å². The van der Waals surface area contributed by atoms with Gasteiger partial charge in [0.25, 0.3) is 0 Å². The third-order valence-electron chi connectivity index (χ3n) is 8.96. The molecule has 4 aromatic rings. The smallest absolute Gasteiger partial charge is 0.193 e. The number of hydrogen-bond acceptors (Lipinski definition) is 9. The van der Waals surface area contributed by atoms with Crippen LogP contribution in [0, 0.1) is 11.8 Å². The Labute approximate surface area is 288 Å². The molecule has 9 heteroatoms. The zero-order valence-electron chi connectivity index (χ0n) is 27.2. The van der Waals surface area contributed by atoms with Crippen LogP contribution >= 0.6 is 0 Å². The van der Waals surface area contributed by atoms with Crippen molar-refractivity contribution in [3.05, 3.63) is 142 Å². The predicted octanol–water partition coefficient (Wildman–Crippen LogP) is 6.04. The Kier molecular flexibility index (Phi) is 10.6. The second-order valence-electron chi connectivity index (χ2n) is 12.4. The molecule has 0 aromatic heterocycles. The van der Waals surface area contributed by atoms with Gasteiger partial charge in [0.15, 0.2) is 40.5 Å². The fourth-order valence-electron chi connectivity index (χ4n) is 6.33. The van der Waals surface area contributed by atoms with Crippen molar-refractivity contribution in [3.63, 3.8) is 0 Å². The molecule has 2 aliphatic carbocycles. The Hall–Kier alpha value is -5.51. The Morgan fingerprint density at radius 3 is 1.26 bits per heavy atom. The zero-order chi connectivity index (χ0) is 35.2. The molecule has 0 spiro atoms. The molecule has 0 saturated carbocycles. The molecule has 0 saturated heterocycles. The lowest BCUT2D eigenvalue weighted by Gasteiger charge is -2.07. The highest BCUT2D eigenvalue weighted by molar-refractivity contribution is 6.37. The summed E-state index contributed by atoms with van der Waals surface area (Å²) in [6, 6.07) is 27.2. The Balaban J connectivity index is 1.05. The summed E-state index contributed by atoms with van der Waals surface area (Å²) in [7, 11) is 0. The second kappa shape index (κ2) is 15.4. The maximum Gasteiger partial charge on any atom is 0.193 e. The maximum absolute atomic E-state index is 13.5. The molecule has 6 rings (SSSR count). The van der Waals surface area contributed by atoms with Crippen LogP contribution in [-0.2, 0) is 32.3 Å². The van der Waals surface area contributed by atoms with E-state index in [9.17, 15) is 33.6 Å². The van der Waals surface area contributed by atoms with Gasteiger partial charge >= 0.3 is 0 Å². The maximum atomic E-state index is 13.5. The molecule has 50 heavy (non-hydrogen) atoms. The van der Waals surface area contributed by atoms with E-state index >= 15 is 0 Å². The Bertz CT molecular complexity index is 1850. The van der Waals surface area contributed by atoms with Gasteiger partial charge in [-0.25, -0.2) is 0 Å². The van der Waals surface area contributed by atoms with Crippen LogP contribution in [0.15, 0.2) is 97.1 Å². The third kappa shape index (κ3) is 7.24. The topological polar surface area (TPSA) is 138 Å². The number of fused-ring (bicyclic) bond motifs is 2. The van der Waals surface area contributed by atoms with Gasteiger partial charge in [-0.15, -0.1) is 0 Å². The SMILES string of the molecule is O=C(c1ccc2c(c1)C(=O)C(C(=O)CCCOCc1ccccc1)C2=O)c1ccc2c(c1)C(=O)C(C(=O)CCCOCc1ccccc1)C2=O. The van der Waals surface area contributed by atoms with Crippen LogP contribution in [-0.4, -0.2) is 53.7 Å². The van der Waals surface area contributed by atoms with Crippen LogP contribution in [0.5, 0.6) is 0 Å². The normalized spacial score (nSPS) is 16.4. The van der Waals surface area contributed by atoms with Gasteiger partial charge in [0.1, 0.15) is 11.8 Å². The fraction of sp³-hybridized carbons (Fsp3) is 0.244. The van der Waals surface area contributed by atoms with Crippen LogP contribution < -0.4 is 0 Å². The second-order valence-corrected chi connectivity index (χ2v) is 12.4. The number of carbonyl (C=O) groups excluding carboxylic acids is 7. The molecule has 0 fully saturated rings.